The molecule has 1 aliphatic heterocycles. The van der Waals surface area contributed by atoms with E-state index in [9.17, 15) is 18.0 Å². The number of benzene rings is 2. The predicted molar refractivity (Wildman–Crippen MR) is 123 cm³/mol. The molecule has 170 valence electrons. The van der Waals surface area contributed by atoms with Gasteiger partial charge in [-0.05, 0) is 87.9 Å². The molecule has 2 aliphatic rings. The summed E-state index contributed by atoms with van der Waals surface area (Å²) >= 11 is 0. The summed E-state index contributed by atoms with van der Waals surface area (Å²) in [6.07, 6.45) is 4.87. The second-order valence-electron chi connectivity index (χ2n) is 8.75. The number of rotatable bonds is 6. The molecule has 2 amide bonds. The van der Waals surface area contributed by atoms with Crippen LogP contribution < -0.4 is 10.0 Å². The maximum atomic E-state index is 12.9. The Morgan fingerprint density at radius 2 is 1.78 bits per heavy atom. The van der Waals surface area contributed by atoms with E-state index in [-0.39, 0.29) is 28.4 Å². The average Bonchev–Trinajstić information content (AvgIpc) is 3.58. The van der Waals surface area contributed by atoms with E-state index in [0.29, 0.717) is 11.3 Å². The number of aryl methyl sites for hydroxylation is 1. The first-order valence-electron chi connectivity index (χ1n) is 11.1. The molecule has 2 aromatic carbocycles. The number of hydrogen-bond donors (Lipinski definition) is 2. The molecule has 0 aromatic heterocycles. The number of nitrogens with zero attached hydrogens (tertiary/aromatic N) is 1. The van der Waals surface area contributed by atoms with E-state index in [1.165, 1.54) is 12.1 Å². The van der Waals surface area contributed by atoms with Crippen molar-refractivity contribution in [3.63, 3.8) is 0 Å². The molecule has 1 aliphatic carbocycles. The molecule has 32 heavy (non-hydrogen) atoms. The lowest BCUT2D eigenvalue weighted by atomic mass is 10.0. The van der Waals surface area contributed by atoms with E-state index in [1.807, 2.05) is 11.8 Å². The van der Waals surface area contributed by atoms with Crippen LogP contribution in [0.5, 0.6) is 0 Å². The standard InChI is InChI=1S/C24H29N3O4S/c1-16-14-19(24(29)27-13-4-3-6-17(27)2)9-12-22(16)25-23(28)18-7-5-8-21(15-18)32(30,31)26-20-10-11-20/h5,7-9,12,14-15,17,20,26H,3-4,6,10-11,13H2,1-2H3,(H,25,28). The van der Waals surface area contributed by atoms with Crippen molar-refractivity contribution in [2.24, 2.45) is 0 Å². The van der Waals surface area contributed by atoms with Crippen LogP contribution in [0.15, 0.2) is 47.4 Å². The fraction of sp³-hybridized carbons (Fsp3) is 0.417. The Morgan fingerprint density at radius 3 is 2.47 bits per heavy atom. The highest BCUT2D eigenvalue weighted by Crippen LogP contribution is 2.24. The summed E-state index contributed by atoms with van der Waals surface area (Å²) < 4.78 is 27.5. The number of piperidine rings is 1. The van der Waals surface area contributed by atoms with E-state index in [0.717, 1.165) is 44.2 Å². The third-order valence-corrected chi connectivity index (χ3v) is 7.61. The minimum absolute atomic E-state index is 0.00530. The number of amides is 2. The number of carbonyl (C=O) groups is 2. The third-order valence-electron chi connectivity index (χ3n) is 6.09. The number of carbonyl (C=O) groups excluding carboxylic acids is 2. The van der Waals surface area contributed by atoms with Crippen LogP contribution in [0, 0.1) is 6.92 Å². The molecule has 2 fully saturated rings. The zero-order valence-corrected chi connectivity index (χ0v) is 19.2. The van der Waals surface area contributed by atoms with Crippen LogP contribution >= 0.6 is 0 Å². The number of sulfonamides is 1. The van der Waals surface area contributed by atoms with Crippen molar-refractivity contribution >= 4 is 27.5 Å². The molecule has 1 heterocycles. The Labute approximate surface area is 189 Å². The summed E-state index contributed by atoms with van der Waals surface area (Å²) in [7, 11) is -3.64. The van der Waals surface area contributed by atoms with Crippen molar-refractivity contribution < 1.29 is 18.0 Å². The van der Waals surface area contributed by atoms with E-state index < -0.39 is 15.9 Å². The van der Waals surface area contributed by atoms with Crippen molar-refractivity contribution in [1.29, 1.82) is 0 Å². The lowest BCUT2D eigenvalue weighted by Gasteiger charge is -2.33. The van der Waals surface area contributed by atoms with Crippen LogP contribution in [0.3, 0.4) is 0 Å². The first-order chi connectivity index (χ1) is 15.2. The number of anilines is 1. The molecule has 0 radical (unpaired) electrons. The predicted octanol–water partition coefficient (Wildman–Crippen LogP) is 3.70. The quantitative estimate of drug-likeness (QED) is 0.694. The molecule has 0 spiro atoms. The molecule has 0 bridgehead atoms. The Balaban J connectivity index is 1.48. The summed E-state index contributed by atoms with van der Waals surface area (Å²) in [6.45, 7) is 4.69. The van der Waals surface area contributed by atoms with Crippen LogP contribution in [0.25, 0.3) is 0 Å². The van der Waals surface area contributed by atoms with Crippen LogP contribution in [0.2, 0.25) is 0 Å². The van der Waals surface area contributed by atoms with Gasteiger partial charge < -0.3 is 10.2 Å². The van der Waals surface area contributed by atoms with Gasteiger partial charge in [-0.15, -0.1) is 0 Å². The van der Waals surface area contributed by atoms with Crippen molar-refractivity contribution in [2.75, 3.05) is 11.9 Å². The highest BCUT2D eigenvalue weighted by atomic mass is 32.2. The number of likely N-dealkylation sites (tertiary alicyclic amines) is 1. The van der Waals surface area contributed by atoms with Gasteiger partial charge in [-0.2, -0.15) is 0 Å². The summed E-state index contributed by atoms with van der Waals surface area (Å²) in [5.74, 6) is -0.389. The minimum Gasteiger partial charge on any atom is -0.336 e. The topological polar surface area (TPSA) is 95.6 Å². The summed E-state index contributed by atoms with van der Waals surface area (Å²) in [4.78, 5) is 27.7. The fourth-order valence-corrected chi connectivity index (χ4v) is 5.34. The number of hydrogen-bond acceptors (Lipinski definition) is 4. The molecular weight excluding hydrogens is 426 g/mol. The molecule has 1 saturated carbocycles. The van der Waals surface area contributed by atoms with Gasteiger partial charge in [0.15, 0.2) is 0 Å². The Bertz CT molecular complexity index is 1140. The van der Waals surface area contributed by atoms with Gasteiger partial charge in [0.25, 0.3) is 11.8 Å². The Hall–Kier alpha value is -2.71. The molecule has 4 rings (SSSR count). The SMILES string of the molecule is Cc1cc(C(=O)N2CCCCC2C)ccc1NC(=O)c1cccc(S(=O)(=O)NC2CC2)c1. The van der Waals surface area contributed by atoms with Gasteiger partial charge in [-0.25, -0.2) is 13.1 Å². The Kier molecular flexibility index (Phi) is 6.35. The highest BCUT2D eigenvalue weighted by molar-refractivity contribution is 7.89. The van der Waals surface area contributed by atoms with Crippen LogP contribution in [-0.2, 0) is 10.0 Å². The van der Waals surface area contributed by atoms with Crippen molar-refractivity contribution in [3.8, 4) is 0 Å². The maximum Gasteiger partial charge on any atom is 0.255 e. The molecule has 1 unspecified atom stereocenters. The highest BCUT2D eigenvalue weighted by Gasteiger charge is 2.28. The van der Waals surface area contributed by atoms with Crippen LogP contribution in [-0.4, -0.2) is 43.8 Å². The van der Waals surface area contributed by atoms with Gasteiger partial charge in [0.05, 0.1) is 4.90 Å². The zero-order chi connectivity index (χ0) is 22.9. The maximum absolute atomic E-state index is 12.9. The van der Waals surface area contributed by atoms with Crippen LogP contribution in [0.1, 0.15) is 65.3 Å². The van der Waals surface area contributed by atoms with Gasteiger partial charge >= 0.3 is 0 Å². The zero-order valence-electron chi connectivity index (χ0n) is 18.4. The van der Waals surface area contributed by atoms with E-state index in [4.69, 9.17) is 0 Å². The molecule has 2 aromatic rings. The average molecular weight is 456 g/mol. The normalized spacial score (nSPS) is 18.9. The van der Waals surface area contributed by atoms with E-state index >= 15 is 0 Å². The third kappa shape index (κ3) is 5.02. The van der Waals surface area contributed by atoms with E-state index in [2.05, 4.69) is 17.0 Å². The summed E-state index contributed by atoms with van der Waals surface area (Å²) in [6, 6.07) is 11.5. The molecule has 8 heteroatoms. The van der Waals surface area contributed by atoms with Crippen molar-refractivity contribution in [1.82, 2.24) is 9.62 Å². The summed E-state index contributed by atoms with van der Waals surface area (Å²) in [5, 5.41) is 2.83. The Morgan fingerprint density at radius 1 is 1.00 bits per heavy atom. The number of nitrogens with one attached hydrogen (secondary N) is 2. The summed E-state index contributed by atoms with van der Waals surface area (Å²) in [5.41, 5.74) is 2.22. The smallest absolute Gasteiger partial charge is 0.255 e. The first-order valence-corrected chi connectivity index (χ1v) is 12.6. The van der Waals surface area contributed by atoms with Gasteiger partial charge in [0.2, 0.25) is 10.0 Å². The molecule has 7 nitrogen and oxygen atoms in total. The first kappa shape index (κ1) is 22.5. The lowest BCUT2D eigenvalue weighted by Crippen LogP contribution is -2.42. The van der Waals surface area contributed by atoms with Crippen LogP contribution in [0.4, 0.5) is 5.69 Å². The monoisotopic (exact) mass is 455 g/mol. The van der Waals surface area contributed by atoms with E-state index in [1.54, 1.807) is 30.3 Å². The van der Waals surface area contributed by atoms with Gasteiger partial charge in [0, 0.05) is 35.4 Å². The second-order valence-corrected chi connectivity index (χ2v) is 10.5. The van der Waals surface area contributed by atoms with Gasteiger partial charge in [-0.1, -0.05) is 6.07 Å². The van der Waals surface area contributed by atoms with Crippen molar-refractivity contribution in [2.45, 2.75) is 62.9 Å². The largest absolute Gasteiger partial charge is 0.336 e. The molecule has 2 N–H and O–H groups in total. The second kappa shape index (κ2) is 9.03. The fourth-order valence-electron chi connectivity index (χ4n) is 3.99. The lowest BCUT2D eigenvalue weighted by molar-refractivity contribution is 0.0635. The molecule has 1 saturated heterocycles. The molecule has 1 atom stereocenters. The van der Waals surface area contributed by atoms with Gasteiger partial charge in [-0.3, -0.25) is 9.59 Å². The van der Waals surface area contributed by atoms with Crippen molar-refractivity contribution in [3.05, 3.63) is 59.2 Å². The van der Waals surface area contributed by atoms with Gasteiger partial charge in [0.1, 0.15) is 0 Å². The molecular formula is C24H29N3O4S. The minimum atomic E-state index is -3.64.